The number of phenolic OH excluding ortho intramolecular Hbond substituents is 1. The fourth-order valence-electron chi connectivity index (χ4n) is 2.39. The lowest BCUT2D eigenvalue weighted by Crippen LogP contribution is -2.14. The second-order valence-corrected chi connectivity index (χ2v) is 5.03. The molecule has 0 saturated heterocycles. The molecule has 1 aliphatic heterocycles. The lowest BCUT2D eigenvalue weighted by atomic mass is 9.93. The van der Waals surface area contributed by atoms with Gasteiger partial charge in [0.1, 0.15) is 5.75 Å². The Bertz CT molecular complexity index is 654. The second kappa shape index (κ2) is 4.59. The molecular formula is C15H12ClNO2. The summed E-state index contributed by atoms with van der Waals surface area (Å²) in [6.07, 6.45) is 0.572. The van der Waals surface area contributed by atoms with E-state index >= 15 is 0 Å². The molecule has 0 aromatic heterocycles. The Hall–Kier alpha value is -2.00. The molecule has 0 radical (unpaired) electrons. The molecule has 3 nitrogen and oxygen atoms in total. The maximum Gasteiger partial charge on any atom is 0.232 e. The van der Waals surface area contributed by atoms with Gasteiger partial charge in [-0.15, -0.1) is 0 Å². The summed E-state index contributed by atoms with van der Waals surface area (Å²) in [5, 5.41) is 12.6. The summed E-state index contributed by atoms with van der Waals surface area (Å²) in [6, 6.07) is 12.7. The Labute approximate surface area is 115 Å². The zero-order valence-corrected chi connectivity index (χ0v) is 10.8. The van der Waals surface area contributed by atoms with Crippen LogP contribution in [0.1, 0.15) is 17.0 Å². The number of amides is 1. The molecule has 2 aromatic rings. The van der Waals surface area contributed by atoms with Crippen LogP contribution in [0.2, 0.25) is 5.02 Å². The molecule has 1 aliphatic rings. The number of fused-ring (bicyclic) bond motifs is 1. The molecule has 1 amide bonds. The Balaban J connectivity index is 1.91. The third kappa shape index (κ3) is 2.17. The number of benzene rings is 2. The first-order valence-corrected chi connectivity index (χ1v) is 6.40. The Kier molecular flexibility index (Phi) is 2.91. The fraction of sp³-hybridized carbons (Fsp3) is 0.133. The highest BCUT2D eigenvalue weighted by Gasteiger charge is 2.30. The average Bonchev–Trinajstić information content (AvgIpc) is 2.71. The Morgan fingerprint density at radius 3 is 2.79 bits per heavy atom. The minimum Gasteiger partial charge on any atom is -0.506 e. The predicted octanol–water partition coefficient (Wildman–Crippen LogP) is 3.32. The first-order valence-electron chi connectivity index (χ1n) is 6.02. The summed E-state index contributed by atoms with van der Waals surface area (Å²) < 4.78 is 0. The van der Waals surface area contributed by atoms with Crippen LogP contribution >= 0.6 is 11.6 Å². The summed E-state index contributed by atoms with van der Waals surface area (Å²) in [4.78, 5) is 12.0. The molecule has 0 bridgehead atoms. The van der Waals surface area contributed by atoms with Gasteiger partial charge in [-0.25, -0.2) is 0 Å². The van der Waals surface area contributed by atoms with Crippen molar-refractivity contribution in [2.24, 2.45) is 0 Å². The van der Waals surface area contributed by atoms with E-state index in [0.29, 0.717) is 11.4 Å². The molecule has 0 aliphatic carbocycles. The molecule has 96 valence electrons. The Morgan fingerprint density at radius 2 is 2.00 bits per heavy atom. The van der Waals surface area contributed by atoms with Crippen molar-refractivity contribution in [2.45, 2.75) is 12.3 Å². The van der Waals surface area contributed by atoms with E-state index in [1.165, 1.54) is 0 Å². The maximum atomic E-state index is 12.0. The van der Waals surface area contributed by atoms with Gasteiger partial charge in [0.15, 0.2) is 0 Å². The smallest absolute Gasteiger partial charge is 0.232 e. The highest BCUT2D eigenvalue weighted by Crippen LogP contribution is 2.35. The van der Waals surface area contributed by atoms with E-state index in [4.69, 9.17) is 11.6 Å². The van der Waals surface area contributed by atoms with Gasteiger partial charge in [0, 0.05) is 5.69 Å². The van der Waals surface area contributed by atoms with Crippen molar-refractivity contribution in [1.29, 1.82) is 0 Å². The largest absolute Gasteiger partial charge is 0.506 e. The molecule has 0 fully saturated rings. The number of phenols is 1. The van der Waals surface area contributed by atoms with Crippen LogP contribution in [0, 0.1) is 0 Å². The maximum absolute atomic E-state index is 12.0. The molecule has 2 N–H and O–H groups in total. The van der Waals surface area contributed by atoms with Gasteiger partial charge >= 0.3 is 0 Å². The highest BCUT2D eigenvalue weighted by atomic mass is 35.5. The van der Waals surface area contributed by atoms with Crippen LogP contribution in [0.5, 0.6) is 5.75 Å². The monoisotopic (exact) mass is 273 g/mol. The van der Waals surface area contributed by atoms with Crippen molar-refractivity contribution in [2.75, 3.05) is 5.32 Å². The Morgan fingerprint density at radius 1 is 1.21 bits per heavy atom. The molecule has 1 atom stereocenters. The van der Waals surface area contributed by atoms with Gasteiger partial charge in [-0.3, -0.25) is 4.79 Å². The van der Waals surface area contributed by atoms with E-state index in [1.54, 1.807) is 18.2 Å². The predicted molar refractivity (Wildman–Crippen MR) is 74.6 cm³/mol. The van der Waals surface area contributed by atoms with Crippen molar-refractivity contribution in [3.63, 3.8) is 0 Å². The summed E-state index contributed by atoms with van der Waals surface area (Å²) in [6.45, 7) is 0. The minimum atomic E-state index is -0.197. The zero-order chi connectivity index (χ0) is 13.4. The third-order valence-electron chi connectivity index (χ3n) is 3.36. The molecule has 0 saturated carbocycles. The number of carbonyl (C=O) groups excluding carboxylic acids is 1. The standard InChI is InChI=1S/C15H12ClNO2/c16-12-8-9(5-6-14(12)18)7-11-10-3-1-2-4-13(10)17-15(11)19/h1-6,8,11,18H,7H2,(H,17,19). The van der Waals surface area contributed by atoms with E-state index in [9.17, 15) is 9.90 Å². The highest BCUT2D eigenvalue weighted by molar-refractivity contribution is 6.32. The van der Waals surface area contributed by atoms with Gasteiger partial charge in [0.05, 0.1) is 10.9 Å². The van der Waals surface area contributed by atoms with Crippen molar-refractivity contribution in [1.82, 2.24) is 0 Å². The van der Waals surface area contributed by atoms with Crippen LogP contribution in [0.15, 0.2) is 42.5 Å². The van der Waals surface area contributed by atoms with Gasteiger partial charge in [0.2, 0.25) is 5.91 Å². The molecule has 19 heavy (non-hydrogen) atoms. The van der Waals surface area contributed by atoms with E-state index in [1.807, 2.05) is 24.3 Å². The zero-order valence-electron chi connectivity index (χ0n) is 10.1. The number of carbonyl (C=O) groups is 1. The molecule has 3 rings (SSSR count). The third-order valence-corrected chi connectivity index (χ3v) is 3.67. The number of aromatic hydroxyl groups is 1. The van der Waals surface area contributed by atoms with Crippen molar-refractivity contribution >= 4 is 23.2 Å². The van der Waals surface area contributed by atoms with Gasteiger partial charge in [-0.2, -0.15) is 0 Å². The van der Waals surface area contributed by atoms with Crippen LogP contribution in [0.4, 0.5) is 5.69 Å². The van der Waals surface area contributed by atoms with Gasteiger partial charge < -0.3 is 10.4 Å². The SMILES string of the molecule is O=C1Nc2ccccc2C1Cc1ccc(O)c(Cl)c1. The normalized spacial score (nSPS) is 17.1. The fourth-order valence-corrected chi connectivity index (χ4v) is 2.59. The molecule has 1 heterocycles. The number of halogens is 1. The number of hydrogen-bond acceptors (Lipinski definition) is 2. The van der Waals surface area contributed by atoms with Crippen molar-refractivity contribution in [3.8, 4) is 5.75 Å². The van der Waals surface area contributed by atoms with E-state index in [2.05, 4.69) is 5.32 Å². The summed E-state index contributed by atoms with van der Waals surface area (Å²) in [5.41, 5.74) is 2.82. The number of rotatable bonds is 2. The van der Waals surface area contributed by atoms with Gasteiger partial charge in [0.25, 0.3) is 0 Å². The number of hydrogen-bond donors (Lipinski definition) is 2. The number of nitrogens with one attached hydrogen (secondary N) is 1. The van der Waals surface area contributed by atoms with Crippen molar-refractivity contribution in [3.05, 3.63) is 58.6 Å². The van der Waals surface area contributed by atoms with Gasteiger partial charge in [-0.05, 0) is 35.7 Å². The molecule has 1 unspecified atom stereocenters. The number of anilines is 1. The van der Waals surface area contributed by atoms with E-state index < -0.39 is 0 Å². The van der Waals surface area contributed by atoms with Crippen LogP contribution in [-0.4, -0.2) is 11.0 Å². The molecule has 2 aromatic carbocycles. The van der Waals surface area contributed by atoms with Crippen LogP contribution in [-0.2, 0) is 11.2 Å². The summed E-state index contributed by atoms with van der Waals surface area (Å²) in [7, 11) is 0. The van der Waals surface area contributed by atoms with Crippen LogP contribution in [0.3, 0.4) is 0 Å². The first kappa shape index (κ1) is 12.1. The van der Waals surface area contributed by atoms with E-state index in [0.717, 1.165) is 16.8 Å². The second-order valence-electron chi connectivity index (χ2n) is 4.62. The van der Waals surface area contributed by atoms with Gasteiger partial charge in [-0.1, -0.05) is 35.9 Å². The molecule has 4 heteroatoms. The summed E-state index contributed by atoms with van der Waals surface area (Å²) in [5.74, 6) is -0.135. The summed E-state index contributed by atoms with van der Waals surface area (Å²) >= 11 is 5.89. The quantitative estimate of drug-likeness (QED) is 0.882. The minimum absolute atomic E-state index is 0.00500. The lowest BCUT2D eigenvalue weighted by Gasteiger charge is -2.09. The first-order chi connectivity index (χ1) is 9.15. The molecule has 0 spiro atoms. The van der Waals surface area contributed by atoms with Crippen molar-refractivity contribution < 1.29 is 9.90 Å². The van der Waals surface area contributed by atoms with E-state index in [-0.39, 0.29) is 17.6 Å². The van der Waals surface area contributed by atoms with Crippen LogP contribution < -0.4 is 5.32 Å². The average molecular weight is 274 g/mol. The lowest BCUT2D eigenvalue weighted by molar-refractivity contribution is -0.117. The molecular weight excluding hydrogens is 262 g/mol. The topological polar surface area (TPSA) is 49.3 Å². The number of para-hydroxylation sites is 1. The van der Waals surface area contributed by atoms with Crippen LogP contribution in [0.25, 0.3) is 0 Å².